The van der Waals surface area contributed by atoms with Crippen LogP contribution in [0.2, 0.25) is 0 Å². The van der Waals surface area contributed by atoms with Gasteiger partial charge in [-0.05, 0) is 6.92 Å². The molecule has 2 aromatic rings. The first kappa shape index (κ1) is 10.7. The normalized spacial score (nSPS) is 10.1. The predicted molar refractivity (Wildman–Crippen MR) is 60.8 cm³/mol. The van der Waals surface area contributed by atoms with E-state index in [-0.39, 0.29) is 0 Å². The highest BCUT2D eigenvalue weighted by Crippen LogP contribution is 2.24. The maximum absolute atomic E-state index is 10.1. The zero-order valence-corrected chi connectivity index (χ0v) is 9.49. The molecule has 0 saturated carbocycles. The Morgan fingerprint density at radius 2 is 2.25 bits per heavy atom. The Balaban J connectivity index is 2.19. The van der Waals surface area contributed by atoms with E-state index in [0.29, 0.717) is 13.0 Å². The highest BCUT2D eigenvalue weighted by Gasteiger charge is 2.06. The summed E-state index contributed by atoms with van der Waals surface area (Å²) in [7, 11) is 0. The van der Waals surface area contributed by atoms with Crippen molar-refractivity contribution in [3.05, 3.63) is 29.3 Å². The Morgan fingerprint density at radius 1 is 1.38 bits per heavy atom. The van der Waals surface area contributed by atoms with Crippen LogP contribution in [0.15, 0.2) is 17.9 Å². The summed E-state index contributed by atoms with van der Waals surface area (Å²) in [6, 6.07) is 0. The lowest BCUT2D eigenvalue weighted by Gasteiger charge is -2.00. The number of carbonyl (C=O) groups excluding carboxylic acids is 1. The molecule has 0 spiro atoms. The Bertz CT molecular complexity index is 480. The fourth-order valence-corrected chi connectivity index (χ4v) is 2.02. The van der Waals surface area contributed by atoms with Gasteiger partial charge in [-0.3, -0.25) is 14.8 Å². The van der Waals surface area contributed by atoms with Gasteiger partial charge in [0.2, 0.25) is 6.41 Å². The highest BCUT2D eigenvalue weighted by atomic mass is 32.1. The third kappa shape index (κ3) is 2.22. The number of nitrogens with zero attached hydrogens (tertiary/aromatic N) is 3. The molecule has 82 valence electrons. The van der Waals surface area contributed by atoms with Gasteiger partial charge in [-0.1, -0.05) is 0 Å². The maximum atomic E-state index is 10.1. The lowest BCUT2D eigenvalue weighted by molar-refractivity contribution is -0.109. The van der Waals surface area contributed by atoms with E-state index >= 15 is 0 Å². The quantitative estimate of drug-likeness (QED) is 0.806. The summed E-state index contributed by atoms with van der Waals surface area (Å²) in [5.41, 5.74) is 4.29. The molecule has 0 radical (unpaired) electrons. The van der Waals surface area contributed by atoms with Gasteiger partial charge < -0.3 is 5.32 Å². The van der Waals surface area contributed by atoms with Gasteiger partial charge in [0.25, 0.3) is 0 Å². The van der Waals surface area contributed by atoms with Crippen LogP contribution in [0.3, 0.4) is 0 Å². The molecule has 2 rings (SSSR count). The van der Waals surface area contributed by atoms with Gasteiger partial charge in [0, 0.05) is 0 Å². The summed E-state index contributed by atoms with van der Waals surface area (Å²) < 4.78 is 0. The standard InChI is InChI=1S/C10H10N4OS/c1-7-10(16-6-14-7)9-4-12-8(3-13-9)2-11-5-15/h3-6H,2H2,1H3,(H,11,15). The fraction of sp³-hybridized carbons (Fsp3) is 0.200. The van der Waals surface area contributed by atoms with Crippen molar-refractivity contribution >= 4 is 17.7 Å². The van der Waals surface area contributed by atoms with Crippen LogP contribution in [0.25, 0.3) is 10.6 Å². The number of carbonyl (C=O) groups is 1. The van der Waals surface area contributed by atoms with Crippen molar-refractivity contribution in [3.63, 3.8) is 0 Å². The molecule has 5 nitrogen and oxygen atoms in total. The number of aryl methyl sites for hydroxylation is 1. The Hall–Kier alpha value is -1.82. The lowest BCUT2D eigenvalue weighted by atomic mass is 10.3. The number of hydrogen-bond acceptors (Lipinski definition) is 5. The summed E-state index contributed by atoms with van der Waals surface area (Å²) in [4.78, 5) is 23.8. The number of nitrogens with one attached hydrogen (secondary N) is 1. The lowest BCUT2D eigenvalue weighted by Crippen LogP contribution is -2.11. The molecule has 0 saturated heterocycles. The van der Waals surface area contributed by atoms with Gasteiger partial charge in [0.05, 0.1) is 40.7 Å². The van der Waals surface area contributed by atoms with Crippen LogP contribution in [0.1, 0.15) is 11.4 Å². The van der Waals surface area contributed by atoms with Crippen LogP contribution in [-0.2, 0) is 11.3 Å². The first-order valence-corrected chi connectivity index (χ1v) is 5.57. The summed E-state index contributed by atoms with van der Waals surface area (Å²) in [5, 5.41) is 2.54. The third-order valence-corrected chi connectivity index (χ3v) is 3.00. The molecule has 0 atom stereocenters. The molecule has 0 aliphatic heterocycles. The van der Waals surface area contributed by atoms with Crippen LogP contribution < -0.4 is 5.32 Å². The van der Waals surface area contributed by atoms with E-state index < -0.39 is 0 Å². The Morgan fingerprint density at radius 3 is 2.81 bits per heavy atom. The van der Waals surface area contributed by atoms with Crippen LogP contribution in [0, 0.1) is 6.92 Å². The van der Waals surface area contributed by atoms with Gasteiger partial charge in [-0.15, -0.1) is 11.3 Å². The Labute approximate surface area is 96.6 Å². The number of hydrogen-bond donors (Lipinski definition) is 1. The van der Waals surface area contributed by atoms with E-state index in [1.54, 1.807) is 29.2 Å². The fourth-order valence-electron chi connectivity index (χ4n) is 1.26. The molecule has 0 aromatic carbocycles. The monoisotopic (exact) mass is 234 g/mol. The zero-order valence-electron chi connectivity index (χ0n) is 8.67. The minimum absolute atomic E-state index is 0.401. The maximum Gasteiger partial charge on any atom is 0.207 e. The minimum Gasteiger partial charge on any atom is -0.353 e. The number of thiazole rings is 1. The average Bonchev–Trinajstić information content (AvgIpc) is 2.74. The second kappa shape index (κ2) is 4.80. The second-order valence-electron chi connectivity index (χ2n) is 3.16. The van der Waals surface area contributed by atoms with Crippen molar-refractivity contribution in [2.75, 3.05) is 0 Å². The number of amides is 1. The molecule has 6 heteroatoms. The van der Waals surface area contributed by atoms with Gasteiger partial charge in [0.15, 0.2) is 0 Å². The van der Waals surface area contributed by atoms with Gasteiger partial charge in [-0.2, -0.15) is 0 Å². The van der Waals surface area contributed by atoms with Crippen LogP contribution in [0.5, 0.6) is 0 Å². The number of rotatable bonds is 4. The van der Waals surface area contributed by atoms with Crippen LogP contribution >= 0.6 is 11.3 Å². The van der Waals surface area contributed by atoms with Crippen LogP contribution in [0.4, 0.5) is 0 Å². The van der Waals surface area contributed by atoms with E-state index in [0.717, 1.165) is 22.0 Å². The Kier molecular flexibility index (Phi) is 3.21. The van der Waals surface area contributed by atoms with E-state index in [1.165, 1.54) is 0 Å². The zero-order chi connectivity index (χ0) is 11.4. The molecule has 0 aliphatic rings. The number of aromatic nitrogens is 3. The molecule has 16 heavy (non-hydrogen) atoms. The van der Waals surface area contributed by atoms with Crippen LogP contribution in [-0.4, -0.2) is 21.4 Å². The highest BCUT2D eigenvalue weighted by molar-refractivity contribution is 7.13. The van der Waals surface area contributed by atoms with Gasteiger partial charge in [-0.25, -0.2) is 4.98 Å². The summed E-state index contributed by atoms with van der Waals surface area (Å²) >= 11 is 1.54. The molecule has 1 N–H and O–H groups in total. The van der Waals surface area contributed by atoms with Crippen molar-refractivity contribution in [1.29, 1.82) is 0 Å². The molecule has 2 heterocycles. The molecule has 0 aliphatic carbocycles. The minimum atomic E-state index is 0.401. The van der Waals surface area contributed by atoms with Gasteiger partial charge >= 0.3 is 0 Å². The van der Waals surface area contributed by atoms with Crippen molar-refractivity contribution in [2.45, 2.75) is 13.5 Å². The average molecular weight is 234 g/mol. The summed E-state index contributed by atoms with van der Waals surface area (Å²) in [6.45, 7) is 2.34. The topological polar surface area (TPSA) is 67.8 Å². The first-order chi connectivity index (χ1) is 7.81. The molecule has 0 fully saturated rings. The first-order valence-electron chi connectivity index (χ1n) is 4.69. The third-order valence-electron chi connectivity index (χ3n) is 2.05. The largest absolute Gasteiger partial charge is 0.353 e. The molecular formula is C10H10N4OS. The molecular weight excluding hydrogens is 224 g/mol. The smallest absolute Gasteiger partial charge is 0.207 e. The predicted octanol–water partition coefficient (Wildman–Crippen LogP) is 1.15. The van der Waals surface area contributed by atoms with Gasteiger partial charge in [0.1, 0.15) is 5.69 Å². The second-order valence-corrected chi connectivity index (χ2v) is 4.01. The van der Waals surface area contributed by atoms with Crippen molar-refractivity contribution in [1.82, 2.24) is 20.3 Å². The molecule has 0 bridgehead atoms. The molecule has 2 aromatic heterocycles. The molecule has 1 amide bonds. The summed E-state index contributed by atoms with van der Waals surface area (Å²) in [5.74, 6) is 0. The SMILES string of the molecule is Cc1ncsc1-c1cnc(CNC=O)cn1. The van der Waals surface area contributed by atoms with Crippen molar-refractivity contribution in [3.8, 4) is 10.6 Å². The summed E-state index contributed by atoms with van der Waals surface area (Å²) in [6.07, 6.45) is 4.00. The molecule has 0 unspecified atom stereocenters. The van der Waals surface area contributed by atoms with E-state index in [9.17, 15) is 4.79 Å². The van der Waals surface area contributed by atoms with Crippen molar-refractivity contribution in [2.24, 2.45) is 0 Å². The van der Waals surface area contributed by atoms with Crippen molar-refractivity contribution < 1.29 is 4.79 Å². The van der Waals surface area contributed by atoms with E-state index in [4.69, 9.17) is 0 Å². The van der Waals surface area contributed by atoms with E-state index in [2.05, 4.69) is 20.3 Å². The van der Waals surface area contributed by atoms with E-state index in [1.807, 2.05) is 6.92 Å².